The Labute approximate surface area is 123 Å². The van der Waals surface area contributed by atoms with Crippen LogP contribution in [-0.4, -0.2) is 39.4 Å². The van der Waals surface area contributed by atoms with E-state index in [1.165, 1.54) is 11.3 Å². The van der Waals surface area contributed by atoms with Crippen LogP contribution in [0.25, 0.3) is 0 Å². The molecule has 2 rings (SSSR count). The Hall–Kier alpha value is -1.27. The van der Waals surface area contributed by atoms with E-state index in [-0.39, 0.29) is 5.97 Å². The molecule has 0 atom stereocenters. The number of carbonyl (C=O) groups excluding carboxylic acids is 1. The molecule has 0 unspecified atom stereocenters. The van der Waals surface area contributed by atoms with Gasteiger partial charge in [-0.3, -0.25) is 0 Å². The third kappa shape index (κ3) is 3.64. The first-order valence-corrected chi connectivity index (χ1v) is 7.78. The van der Waals surface area contributed by atoms with E-state index in [1.807, 2.05) is 13.1 Å². The van der Waals surface area contributed by atoms with Gasteiger partial charge in [-0.15, -0.1) is 11.3 Å². The van der Waals surface area contributed by atoms with Gasteiger partial charge in [0.15, 0.2) is 0 Å². The predicted molar refractivity (Wildman–Crippen MR) is 81.5 cm³/mol. The monoisotopic (exact) mass is 298 g/mol. The first-order valence-electron chi connectivity index (χ1n) is 6.97. The molecular formula is C14H22N2O3S. The molecule has 2 heterocycles. The van der Waals surface area contributed by atoms with Gasteiger partial charge in [-0.25, -0.2) is 4.79 Å². The first-order chi connectivity index (χ1) is 9.61. The smallest absolute Gasteiger partial charge is 0.350 e. The topological polar surface area (TPSA) is 64.8 Å². The van der Waals surface area contributed by atoms with Crippen molar-refractivity contribution in [2.75, 3.05) is 44.0 Å². The Morgan fingerprint density at radius 2 is 2.25 bits per heavy atom. The summed E-state index contributed by atoms with van der Waals surface area (Å²) < 4.78 is 10.4. The van der Waals surface area contributed by atoms with Crippen molar-refractivity contribution >= 4 is 28.0 Å². The molecule has 1 aliphatic rings. The highest BCUT2D eigenvalue weighted by atomic mass is 32.1. The zero-order valence-corrected chi connectivity index (χ0v) is 12.9. The van der Waals surface area contributed by atoms with Crippen LogP contribution >= 0.6 is 11.3 Å². The molecule has 5 nitrogen and oxygen atoms in total. The van der Waals surface area contributed by atoms with Gasteiger partial charge in [0.25, 0.3) is 0 Å². The highest BCUT2D eigenvalue weighted by molar-refractivity contribution is 7.18. The van der Waals surface area contributed by atoms with Gasteiger partial charge in [0.2, 0.25) is 0 Å². The average Bonchev–Trinajstić information content (AvgIpc) is 2.82. The van der Waals surface area contributed by atoms with Crippen LogP contribution in [0.15, 0.2) is 6.07 Å². The van der Waals surface area contributed by atoms with Crippen molar-refractivity contribution in [2.24, 2.45) is 5.92 Å². The number of thiophene rings is 1. The van der Waals surface area contributed by atoms with Crippen molar-refractivity contribution in [3.8, 4) is 0 Å². The fourth-order valence-electron chi connectivity index (χ4n) is 2.34. The van der Waals surface area contributed by atoms with Crippen molar-refractivity contribution in [1.29, 1.82) is 0 Å². The zero-order chi connectivity index (χ0) is 14.5. The quantitative estimate of drug-likeness (QED) is 0.845. The Kier molecular flexibility index (Phi) is 5.25. The molecule has 6 heteroatoms. The number of rotatable bonds is 5. The minimum Gasteiger partial charge on any atom is -0.462 e. The molecule has 1 aliphatic heterocycles. The third-order valence-electron chi connectivity index (χ3n) is 3.46. The van der Waals surface area contributed by atoms with Gasteiger partial charge in [0.1, 0.15) is 4.88 Å². The van der Waals surface area contributed by atoms with Crippen molar-refractivity contribution in [2.45, 2.75) is 19.8 Å². The number of anilines is 2. The molecule has 112 valence electrons. The van der Waals surface area contributed by atoms with E-state index in [2.05, 4.69) is 4.90 Å². The van der Waals surface area contributed by atoms with E-state index >= 15 is 0 Å². The van der Waals surface area contributed by atoms with Gasteiger partial charge in [-0.2, -0.15) is 0 Å². The standard InChI is InChI=1S/C14H22N2O3S/c1-3-19-14(17)13-11(15)8-12(20-13)16(2)9-10-4-6-18-7-5-10/h8,10H,3-7,9,15H2,1-2H3. The summed E-state index contributed by atoms with van der Waals surface area (Å²) in [4.78, 5) is 14.4. The highest BCUT2D eigenvalue weighted by Crippen LogP contribution is 2.33. The number of nitrogens with zero attached hydrogens (tertiary/aromatic N) is 1. The Bertz CT molecular complexity index is 455. The van der Waals surface area contributed by atoms with E-state index in [4.69, 9.17) is 15.2 Å². The number of nitrogen functional groups attached to an aromatic ring is 1. The van der Waals surface area contributed by atoms with E-state index in [1.54, 1.807) is 6.92 Å². The van der Waals surface area contributed by atoms with Crippen molar-refractivity contribution < 1.29 is 14.3 Å². The second-order valence-electron chi connectivity index (χ2n) is 5.03. The average molecular weight is 298 g/mol. The van der Waals surface area contributed by atoms with Crippen LogP contribution < -0.4 is 10.6 Å². The Morgan fingerprint density at radius 3 is 2.90 bits per heavy atom. The molecule has 1 fully saturated rings. The number of esters is 1. The normalized spacial score (nSPS) is 16.1. The van der Waals surface area contributed by atoms with Crippen LogP contribution in [0.5, 0.6) is 0 Å². The number of hydrogen-bond acceptors (Lipinski definition) is 6. The summed E-state index contributed by atoms with van der Waals surface area (Å²) in [5, 5.41) is 1.01. The molecule has 0 aromatic carbocycles. The maximum Gasteiger partial charge on any atom is 0.350 e. The van der Waals surface area contributed by atoms with E-state index in [9.17, 15) is 4.79 Å². The van der Waals surface area contributed by atoms with Gasteiger partial charge >= 0.3 is 5.97 Å². The largest absolute Gasteiger partial charge is 0.462 e. The zero-order valence-electron chi connectivity index (χ0n) is 12.1. The fraction of sp³-hybridized carbons (Fsp3) is 0.643. The number of carbonyl (C=O) groups is 1. The molecule has 0 saturated carbocycles. The fourth-order valence-corrected chi connectivity index (χ4v) is 3.29. The summed E-state index contributed by atoms with van der Waals surface area (Å²) in [5.74, 6) is 0.309. The minimum atomic E-state index is -0.333. The minimum absolute atomic E-state index is 0.333. The van der Waals surface area contributed by atoms with Crippen molar-refractivity contribution in [3.05, 3.63) is 10.9 Å². The summed E-state index contributed by atoms with van der Waals surface area (Å²) >= 11 is 1.40. The molecule has 1 aromatic heterocycles. The lowest BCUT2D eigenvalue weighted by Gasteiger charge is -2.27. The second-order valence-corrected chi connectivity index (χ2v) is 6.06. The van der Waals surface area contributed by atoms with Gasteiger partial charge in [-0.05, 0) is 31.7 Å². The van der Waals surface area contributed by atoms with Crippen LogP contribution in [0.4, 0.5) is 10.7 Å². The molecule has 0 radical (unpaired) electrons. The van der Waals surface area contributed by atoms with Gasteiger partial charge in [0.05, 0.1) is 17.3 Å². The Morgan fingerprint density at radius 1 is 1.55 bits per heavy atom. The van der Waals surface area contributed by atoms with Crippen LogP contribution in [0.3, 0.4) is 0 Å². The van der Waals surface area contributed by atoms with Crippen LogP contribution in [0, 0.1) is 5.92 Å². The van der Waals surface area contributed by atoms with Crippen LogP contribution in [0.1, 0.15) is 29.4 Å². The molecule has 0 bridgehead atoms. The molecular weight excluding hydrogens is 276 g/mol. The molecule has 20 heavy (non-hydrogen) atoms. The molecule has 1 aromatic rings. The van der Waals surface area contributed by atoms with Crippen LogP contribution in [-0.2, 0) is 9.47 Å². The lowest BCUT2D eigenvalue weighted by molar-refractivity contribution is 0.0533. The van der Waals surface area contributed by atoms with Gasteiger partial charge < -0.3 is 20.1 Å². The molecule has 2 N–H and O–H groups in total. The van der Waals surface area contributed by atoms with E-state index in [0.717, 1.165) is 37.6 Å². The number of hydrogen-bond donors (Lipinski definition) is 1. The summed E-state index contributed by atoms with van der Waals surface area (Å²) in [6.45, 7) is 4.81. The summed E-state index contributed by atoms with van der Waals surface area (Å²) in [7, 11) is 2.04. The highest BCUT2D eigenvalue weighted by Gasteiger charge is 2.20. The Balaban J connectivity index is 2.00. The molecule has 0 spiro atoms. The first kappa shape index (κ1) is 15.1. The van der Waals surface area contributed by atoms with Gasteiger partial charge in [-0.1, -0.05) is 0 Å². The predicted octanol–water partition coefficient (Wildman–Crippen LogP) is 2.37. The molecule has 0 amide bonds. The van der Waals surface area contributed by atoms with Crippen molar-refractivity contribution in [1.82, 2.24) is 0 Å². The molecule has 0 aliphatic carbocycles. The van der Waals surface area contributed by atoms with Gasteiger partial charge in [0, 0.05) is 26.8 Å². The van der Waals surface area contributed by atoms with E-state index in [0.29, 0.717) is 23.1 Å². The summed E-state index contributed by atoms with van der Waals surface area (Å²) in [6.07, 6.45) is 2.19. The SMILES string of the molecule is CCOC(=O)c1sc(N(C)CC2CCOCC2)cc1N. The number of ether oxygens (including phenoxy) is 2. The maximum atomic E-state index is 11.8. The lowest BCUT2D eigenvalue weighted by atomic mass is 10.00. The summed E-state index contributed by atoms with van der Waals surface area (Å²) in [5.41, 5.74) is 6.41. The van der Waals surface area contributed by atoms with Crippen LogP contribution in [0.2, 0.25) is 0 Å². The van der Waals surface area contributed by atoms with E-state index < -0.39 is 0 Å². The second kappa shape index (κ2) is 6.95. The number of nitrogens with two attached hydrogens (primary N) is 1. The molecule has 1 saturated heterocycles. The summed E-state index contributed by atoms with van der Waals surface area (Å²) in [6, 6.07) is 1.86. The maximum absolute atomic E-state index is 11.8. The lowest BCUT2D eigenvalue weighted by Crippen LogP contribution is -2.29. The van der Waals surface area contributed by atoms with Crippen molar-refractivity contribution in [3.63, 3.8) is 0 Å². The third-order valence-corrected chi connectivity index (χ3v) is 4.70.